The first-order valence-electron chi connectivity index (χ1n) is 14.5. The maximum atomic E-state index is 13.0. The predicted octanol–water partition coefficient (Wildman–Crippen LogP) is 7.25. The monoisotopic (exact) mass is 646 g/mol. The van der Waals surface area contributed by atoms with Crippen molar-refractivity contribution < 1.29 is 31.8 Å². The minimum absolute atomic E-state index is 0.00259. The fraction of sp³-hybridized carbons (Fsp3) is 0.222. The Morgan fingerprint density at radius 2 is 1.67 bits per heavy atom. The van der Waals surface area contributed by atoms with Crippen molar-refractivity contribution in [2.75, 3.05) is 12.3 Å². The molecule has 1 atom stereocenters. The number of aromatic hydroxyl groups is 1. The molecule has 0 bridgehead atoms. The molecule has 4 aromatic rings. The molecular formula is C36H39FN2O6S. The average Bonchev–Trinajstić information content (AvgIpc) is 3.54. The Morgan fingerprint density at radius 3 is 2.20 bits per heavy atom. The molecule has 10 heteroatoms. The minimum atomic E-state index is -4.11. The van der Waals surface area contributed by atoms with Gasteiger partial charge in [0.25, 0.3) is 16.0 Å². The Kier molecular flexibility index (Phi) is 12.4. The highest BCUT2D eigenvalue weighted by atomic mass is 32.2. The largest absolute Gasteiger partial charge is 0.505 e. The van der Waals surface area contributed by atoms with Crippen LogP contribution in [0.3, 0.4) is 0 Å². The van der Waals surface area contributed by atoms with Crippen molar-refractivity contribution in [2.24, 2.45) is 0 Å². The summed E-state index contributed by atoms with van der Waals surface area (Å²) in [5, 5.41) is 15.6. The van der Waals surface area contributed by atoms with Crippen LogP contribution in [0.15, 0.2) is 115 Å². The van der Waals surface area contributed by atoms with E-state index in [1.807, 2.05) is 18.2 Å². The van der Waals surface area contributed by atoms with Crippen LogP contribution in [0.5, 0.6) is 5.75 Å². The standard InChI is InChI=1S/C24H28N2O5S.C12H11FO/c1-24(2,3)20-10-8-18(9-11-20)21(22-12-14-31-26-22)16-17-4-6-19(7-5-17)23(27)25-13-15-32(28,29)30;1-3-5-9(4-2)10-6-7-12(14)11(13)8-10/h4-12,14,21H,13,15-16H2,1-3H3,(H,25,27)(H,28,29,30);3-8,14H,1-2H2/b;9-5+. The van der Waals surface area contributed by atoms with Crippen LogP contribution in [-0.4, -0.2) is 41.4 Å². The Hall–Kier alpha value is -4.80. The Balaban J connectivity index is 0.000000344. The normalized spacial score (nSPS) is 12.4. The van der Waals surface area contributed by atoms with Crippen LogP contribution < -0.4 is 5.32 Å². The lowest BCUT2D eigenvalue weighted by Gasteiger charge is -2.21. The SMILES string of the molecule is C=C/C=C(\C=C)c1ccc(O)c(F)c1.CC(C)(C)c1ccc(C(Cc2ccc(C(=O)NCCS(=O)(=O)O)cc2)c2ccon2)cc1. The van der Waals surface area contributed by atoms with E-state index in [0.29, 0.717) is 17.5 Å². The average molecular weight is 647 g/mol. The summed E-state index contributed by atoms with van der Waals surface area (Å²) in [5.74, 6) is -1.91. The summed E-state index contributed by atoms with van der Waals surface area (Å²) in [4.78, 5) is 12.2. The zero-order valence-corrected chi connectivity index (χ0v) is 26.9. The molecule has 1 heterocycles. The molecule has 242 valence electrons. The van der Waals surface area contributed by atoms with Gasteiger partial charge in [0, 0.05) is 24.1 Å². The second-order valence-corrected chi connectivity index (χ2v) is 13.1. The Morgan fingerprint density at radius 1 is 1.02 bits per heavy atom. The number of allylic oxidation sites excluding steroid dienone is 4. The molecule has 1 aromatic heterocycles. The summed E-state index contributed by atoms with van der Waals surface area (Å²) in [6.07, 6.45) is 7.16. The number of phenols is 1. The number of carbonyl (C=O) groups is 1. The zero-order valence-electron chi connectivity index (χ0n) is 26.1. The van der Waals surface area contributed by atoms with Gasteiger partial charge in [-0.15, -0.1) is 0 Å². The number of aromatic nitrogens is 1. The molecule has 0 saturated carbocycles. The molecule has 0 aliphatic rings. The molecule has 0 aliphatic carbocycles. The number of phenolic OH excluding ortho intramolecular Hbond substituents is 1. The molecule has 0 spiro atoms. The number of nitrogens with zero attached hydrogens (tertiary/aromatic N) is 1. The van der Waals surface area contributed by atoms with E-state index in [2.05, 4.69) is 68.7 Å². The molecule has 1 amide bonds. The van der Waals surface area contributed by atoms with Crippen molar-refractivity contribution in [3.8, 4) is 5.75 Å². The molecule has 0 radical (unpaired) electrons. The van der Waals surface area contributed by atoms with Gasteiger partial charge in [0.15, 0.2) is 11.6 Å². The number of hydrogen-bond acceptors (Lipinski definition) is 6. The van der Waals surface area contributed by atoms with Gasteiger partial charge in [-0.05, 0) is 63.9 Å². The van der Waals surface area contributed by atoms with Crippen molar-refractivity contribution in [3.63, 3.8) is 0 Å². The number of rotatable bonds is 11. The van der Waals surface area contributed by atoms with E-state index >= 15 is 0 Å². The van der Waals surface area contributed by atoms with E-state index in [4.69, 9.17) is 14.2 Å². The van der Waals surface area contributed by atoms with Crippen molar-refractivity contribution in [2.45, 2.75) is 38.5 Å². The maximum absolute atomic E-state index is 13.0. The third kappa shape index (κ3) is 10.7. The predicted molar refractivity (Wildman–Crippen MR) is 179 cm³/mol. The van der Waals surface area contributed by atoms with Gasteiger partial charge >= 0.3 is 0 Å². The highest BCUT2D eigenvalue weighted by Gasteiger charge is 2.20. The van der Waals surface area contributed by atoms with Gasteiger partial charge in [-0.2, -0.15) is 8.42 Å². The van der Waals surface area contributed by atoms with Gasteiger partial charge in [0.1, 0.15) is 6.26 Å². The van der Waals surface area contributed by atoms with Crippen LogP contribution in [0.1, 0.15) is 65.0 Å². The van der Waals surface area contributed by atoms with Gasteiger partial charge in [-0.3, -0.25) is 9.35 Å². The number of hydrogen-bond donors (Lipinski definition) is 3. The van der Waals surface area contributed by atoms with Crippen LogP contribution in [0.2, 0.25) is 0 Å². The molecule has 8 nitrogen and oxygen atoms in total. The summed E-state index contributed by atoms with van der Waals surface area (Å²) in [6, 6.07) is 21.7. The van der Waals surface area contributed by atoms with Gasteiger partial charge in [-0.25, -0.2) is 4.39 Å². The third-order valence-electron chi connectivity index (χ3n) is 7.09. The fourth-order valence-electron chi connectivity index (χ4n) is 4.53. The van der Waals surface area contributed by atoms with E-state index in [1.54, 1.807) is 42.7 Å². The van der Waals surface area contributed by atoms with Gasteiger partial charge in [0.05, 0.1) is 11.4 Å². The number of amides is 1. The Bertz CT molecular complexity index is 1760. The first-order valence-corrected chi connectivity index (χ1v) is 16.1. The Labute approximate surface area is 269 Å². The van der Waals surface area contributed by atoms with Crippen molar-refractivity contribution >= 4 is 21.6 Å². The number of halogens is 1. The van der Waals surface area contributed by atoms with Crippen LogP contribution in [0, 0.1) is 5.82 Å². The molecule has 4 rings (SSSR count). The summed E-state index contributed by atoms with van der Waals surface area (Å²) in [7, 11) is -4.11. The number of carbonyl (C=O) groups excluding carboxylic acids is 1. The minimum Gasteiger partial charge on any atom is -0.505 e. The highest BCUT2D eigenvalue weighted by Crippen LogP contribution is 2.30. The molecule has 0 fully saturated rings. The molecule has 3 N–H and O–H groups in total. The van der Waals surface area contributed by atoms with Crippen LogP contribution in [-0.2, 0) is 22.0 Å². The molecule has 1 unspecified atom stereocenters. The van der Waals surface area contributed by atoms with Crippen LogP contribution in [0.4, 0.5) is 4.39 Å². The molecule has 46 heavy (non-hydrogen) atoms. The van der Waals surface area contributed by atoms with Gasteiger partial charge in [-0.1, -0.05) is 99.8 Å². The first-order chi connectivity index (χ1) is 21.7. The molecule has 0 saturated heterocycles. The quantitative estimate of drug-likeness (QED) is 0.116. The van der Waals surface area contributed by atoms with E-state index in [-0.39, 0.29) is 23.6 Å². The summed E-state index contributed by atoms with van der Waals surface area (Å²) < 4.78 is 48.4. The lowest BCUT2D eigenvalue weighted by atomic mass is 9.84. The van der Waals surface area contributed by atoms with Gasteiger partial charge in [0.2, 0.25) is 0 Å². The molecule has 3 aromatic carbocycles. The smallest absolute Gasteiger partial charge is 0.266 e. The van der Waals surface area contributed by atoms with E-state index in [1.165, 1.54) is 17.7 Å². The second-order valence-electron chi connectivity index (χ2n) is 11.5. The van der Waals surface area contributed by atoms with Crippen LogP contribution >= 0.6 is 0 Å². The van der Waals surface area contributed by atoms with E-state index in [9.17, 15) is 17.6 Å². The number of nitrogens with one attached hydrogen (secondary N) is 1. The van der Waals surface area contributed by atoms with Crippen molar-refractivity contribution in [1.82, 2.24) is 10.5 Å². The van der Waals surface area contributed by atoms with E-state index < -0.39 is 27.6 Å². The summed E-state index contributed by atoms with van der Waals surface area (Å²) in [6.45, 7) is 13.5. The maximum Gasteiger partial charge on any atom is 0.266 e. The van der Waals surface area contributed by atoms with Crippen LogP contribution in [0.25, 0.3) is 5.57 Å². The van der Waals surface area contributed by atoms with Gasteiger partial charge < -0.3 is 14.9 Å². The second kappa shape index (κ2) is 16.0. The first kappa shape index (κ1) is 35.7. The lowest BCUT2D eigenvalue weighted by molar-refractivity contribution is 0.0956. The third-order valence-corrected chi connectivity index (χ3v) is 7.81. The van der Waals surface area contributed by atoms with Crippen molar-refractivity contribution in [3.05, 3.63) is 150 Å². The zero-order chi connectivity index (χ0) is 33.9. The topological polar surface area (TPSA) is 130 Å². The summed E-state index contributed by atoms with van der Waals surface area (Å²) >= 11 is 0. The fourth-order valence-corrected chi connectivity index (χ4v) is 4.89. The molecular weight excluding hydrogens is 607 g/mol. The highest BCUT2D eigenvalue weighted by molar-refractivity contribution is 7.85. The van der Waals surface area contributed by atoms with E-state index in [0.717, 1.165) is 22.4 Å². The lowest BCUT2D eigenvalue weighted by Crippen LogP contribution is -2.28. The van der Waals surface area contributed by atoms with Crippen molar-refractivity contribution in [1.29, 1.82) is 0 Å². The summed E-state index contributed by atoms with van der Waals surface area (Å²) in [5.41, 5.74) is 6.14. The molecule has 0 aliphatic heterocycles. The number of benzene rings is 3.